The number of carbonyl (C=O) groups is 2. The van der Waals surface area contributed by atoms with Gasteiger partial charge in [-0.05, 0) is 36.2 Å². The molecule has 0 radical (unpaired) electrons. The second-order valence-corrected chi connectivity index (χ2v) is 7.06. The Morgan fingerprint density at radius 1 is 1.03 bits per heavy atom. The first-order valence-corrected chi connectivity index (χ1v) is 9.99. The highest BCUT2D eigenvalue weighted by molar-refractivity contribution is 7.14. The van der Waals surface area contributed by atoms with Gasteiger partial charge in [-0.3, -0.25) is 10.1 Å². The van der Waals surface area contributed by atoms with E-state index in [9.17, 15) is 9.59 Å². The summed E-state index contributed by atoms with van der Waals surface area (Å²) in [6, 6.07) is 14.4. The molecule has 3 amide bonds. The number of hydrogen-bond acceptors (Lipinski definition) is 5. The van der Waals surface area contributed by atoms with Gasteiger partial charge in [0.15, 0.2) is 5.13 Å². The Labute approximate surface area is 173 Å². The zero-order chi connectivity index (χ0) is 20.6. The van der Waals surface area contributed by atoms with Crippen molar-refractivity contribution < 1.29 is 14.3 Å². The van der Waals surface area contributed by atoms with E-state index in [2.05, 4.69) is 27.9 Å². The number of amides is 3. The minimum Gasteiger partial charge on any atom is -0.495 e. The molecule has 0 atom stereocenters. The van der Waals surface area contributed by atoms with E-state index in [4.69, 9.17) is 4.74 Å². The molecule has 1 aromatic heterocycles. The van der Waals surface area contributed by atoms with Crippen LogP contribution in [-0.4, -0.2) is 24.0 Å². The molecule has 0 unspecified atom stereocenters. The van der Waals surface area contributed by atoms with Crippen LogP contribution in [0.15, 0.2) is 53.9 Å². The van der Waals surface area contributed by atoms with Crippen LogP contribution in [0.5, 0.6) is 5.75 Å². The number of nitrogens with zero attached hydrogens (tertiary/aromatic N) is 1. The van der Waals surface area contributed by atoms with Crippen molar-refractivity contribution in [2.24, 2.45) is 0 Å². The van der Waals surface area contributed by atoms with Gasteiger partial charge in [-0.2, -0.15) is 0 Å². The molecule has 0 fully saturated rings. The Bertz CT molecular complexity index is 986. The fourth-order valence-corrected chi connectivity index (χ4v) is 3.34. The summed E-state index contributed by atoms with van der Waals surface area (Å²) < 4.78 is 5.21. The molecule has 3 aromatic rings. The Kier molecular flexibility index (Phi) is 6.80. The molecule has 0 bridgehead atoms. The summed E-state index contributed by atoms with van der Waals surface area (Å²) in [5.74, 6) is 0.399. The number of aromatic nitrogens is 1. The van der Waals surface area contributed by atoms with E-state index in [1.165, 1.54) is 24.0 Å². The summed E-state index contributed by atoms with van der Waals surface area (Å²) in [6.45, 7) is 2.08. The molecule has 0 aliphatic heterocycles. The van der Waals surface area contributed by atoms with E-state index < -0.39 is 6.03 Å². The number of aryl methyl sites for hydroxylation is 1. The van der Waals surface area contributed by atoms with Gasteiger partial charge >= 0.3 is 6.03 Å². The monoisotopic (exact) mass is 410 g/mol. The number of ether oxygens (including phenoxy) is 1. The van der Waals surface area contributed by atoms with Crippen LogP contribution in [0, 0.1) is 0 Å². The fourth-order valence-electron chi connectivity index (χ4n) is 2.64. The van der Waals surface area contributed by atoms with Crippen LogP contribution in [0.3, 0.4) is 0 Å². The first kappa shape index (κ1) is 20.3. The summed E-state index contributed by atoms with van der Waals surface area (Å²) in [5.41, 5.74) is 3.10. The smallest absolute Gasteiger partial charge is 0.325 e. The number of hydrogen-bond donors (Lipinski definition) is 3. The second-order valence-electron chi connectivity index (χ2n) is 6.20. The van der Waals surface area contributed by atoms with E-state index >= 15 is 0 Å². The van der Waals surface area contributed by atoms with Crippen molar-refractivity contribution in [1.29, 1.82) is 0 Å². The molecule has 0 spiro atoms. The Balaban J connectivity index is 1.53. The molecule has 0 aliphatic carbocycles. The van der Waals surface area contributed by atoms with Crippen LogP contribution in [0.2, 0.25) is 0 Å². The highest BCUT2D eigenvalue weighted by Gasteiger charge is 2.11. The van der Waals surface area contributed by atoms with Crippen LogP contribution >= 0.6 is 11.3 Å². The molecular weight excluding hydrogens is 388 g/mol. The quantitative estimate of drug-likeness (QED) is 0.533. The summed E-state index contributed by atoms with van der Waals surface area (Å²) in [7, 11) is 1.54. The van der Waals surface area contributed by atoms with Crippen molar-refractivity contribution >= 4 is 39.8 Å². The zero-order valence-corrected chi connectivity index (χ0v) is 17.0. The van der Waals surface area contributed by atoms with Crippen molar-refractivity contribution in [3.8, 4) is 5.75 Å². The van der Waals surface area contributed by atoms with Crippen LogP contribution in [0.1, 0.15) is 18.2 Å². The van der Waals surface area contributed by atoms with Gasteiger partial charge in [0.25, 0.3) is 0 Å². The lowest BCUT2D eigenvalue weighted by molar-refractivity contribution is -0.115. The largest absolute Gasteiger partial charge is 0.495 e. The topological polar surface area (TPSA) is 92.4 Å². The minimum atomic E-state index is -0.434. The molecule has 3 N–H and O–H groups in total. The number of thiazole rings is 1. The molecule has 1 heterocycles. The van der Waals surface area contributed by atoms with Crippen LogP contribution in [0.25, 0.3) is 0 Å². The second kappa shape index (κ2) is 9.70. The predicted octanol–water partition coefficient (Wildman–Crippen LogP) is 4.54. The van der Waals surface area contributed by atoms with Gasteiger partial charge in [0.1, 0.15) is 5.75 Å². The third-order valence-electron chi connectivity index (χ3n) is 4.12. The van der Waals surface area contributed by atoms with Gasteiger partial charge in [0.05, 0.1) is 24.9 Å². The van der Waals surface area contributed by atoms with Crippen molar-refractivity contribution in [2.45, 2.75) is 19.8 Å². The lowest BCUT2D eigenvalue weighted by Gasteiger charge is -2.09. The molecular formula is C21H22N4O3S. The molecule has 0 aliphatic rings. The first-order valence-electron chi connectivity index (χ1n) is 9.11. The van der Waals surface area contributed by atoms with E-state index in [0.29, 0.717) is 22.3 Å². The molecule has 0 saturated carbocycles. The maximum Gasteiger partial charge on any atom is 0.325 e. The van der Waals surface area contributed by atoms with Crippen molar-refractivity contribution in [1.82, 2.24) is 4.98 Å². The molecule has 0 saturated heterocycles. The van der Waals surface area contributed by atoms with Gasteiger partial charge in [-0.1, -0.05) is 31.2 Å². The number of para-hydroxylation sites is 2. The van der Waals surface area contributed by atoms with Crippen LogP contribution < -0.4 is 20.7 Å². The van der Waals surface area contributed by atoms with Crippen molar-refractivity contribution in [3.63, 3.8) is 0 Å². The summed E-state index contributed by atoms with van der Waals surface area (Å²) >= 11 is 1.26. The van der Waals surface area contributed by atoms with Crippen LogP contribution in [-0.2, 0) is 17.6 Å². The average molecular weight is 410 g/mol. The number of rotatable bonds is 7. The van der Waals surface area contributed by atoms with Crippen molar-refractivity contribution in [2.75, 3.05) is 23.1 Å². The molecule has 150 valence electrons. The normalized spacial score (nSPS) is 10.3. The standard InChI is InChI=1S/C21H22N4O3S/c1-3-14-8-10-15(11-9-14)22-19(26)12-16-13-29-21(23-16)25-20(27)24-17-6-4-5-7-18(17)28-2/h4-11,13H,3,12H2,1-2H3,(H,22,26)(H2,23,24,25,27). The third-order valence-corrected chi connectivity index (χ3v) is 4.92. The lowest BCUT2D eigenvalue weighted by atomic mass is 10.1. The lowest BCUT2D eigenvalue weighted by Crippen LogP contribution is -2.20. The number of urea groups is 1. The number of carbonyl (C=O) groups excluding carboxylic acids is 2. The van der Waals surface area contributed by atoms with Gasteiger partial charge in [0.2, 0.25) is 5.91 Å². The number of benzene rings is 2. The zero-order valence-electron chi connectivity index (χ0n) is 16.2. The Morgan fingerprint density at radius 2 is 1.79 bits per heavy atom. The maximum absolute atomic E-state index is 12.2. The van der Waals surface area contributed by atoms with E-state index in [0.717, 1.165) is 12.1 Å². The third kappa shape index (κ3) is 5.79. The summed E-state index contributed by atoms with van der Waals surface area (Å²) in [4.78, 5) is 28.7. The van der Waals surface area contributed by atoms with E-state index in [1.54, 1.807) is 23.6 Å². The van der Waals surface area contributed by atoms with E-state index in [1.807, 2.05) is 30.3 Å². The number of methoxy groups -OCH3 is 1. The first-order chi connectivity index (χ1) is 14.1. The number of anilines is 3. The van der Waals surface area contributed by atoms with E-state index in [-0.39, 0.29) is 12.3 Å². The predicted molar refractivity (Wildman–Crippen MR) is 116 cm³/mol. The SMILES string of the molecule is CCc1ccc(NC(=O)Cc2csc(NC(=O)Nc3ccccc3OC)n2)cc1. The minimum absolute atomic E-state index is 0.127. The molecule has 2 aromatic carbocycles. The van der Waals surface area contributed by atoms with Crippen molar-refractivity contribution in [3.05, 3.63) is 65.2 Å². The number of nitrogens with one attached hydrogen (secondary N) is 3. The highest BCUT2D eigenvalue weighted by atomic mass is 32.1. The molecule has 8 heteroatoms. The average Bonchev–Trinajstić information content (AvgIpc) is 3.15. The molecule has 3 rings (SSSR count). The van der Waals surface area contributed by atoms with Gasteiger partial charge < -0.3 is 15.4 Å². The molecule has 7 nitrogen and oxygen atoms in total. The van der Waals surface area contributed by atoms with Gasteiger partial charge in [-0.15, -0.1) is 11.3 Å². The van der Waals surface area contributed by atoms with Crippen LogP contribution in [0.4, 0.5) is 21.3 Å². The Morgan fingerprint density at radius 3 is 2.52 bits per heavy atom. The Hall–Kier alpha value is -3.39. The van der Waals surface area contributed by atoms with Gasteiger partial charge in [-0.25, -0.2) is 9.78 Å². The summed E-state index contributed by atoms with van der Waals surface area (Å²) in [5, 5.41) is 10.4. The van der Waals surface area contributed by atoms with Gasteiger partial charge in [0, 0.05) is 11.1 Å². The fraction of sp³-hybridized carbons (Fsp3) is 0.190. The molecule has 29 heavy (non-hydrogen) atoms. The maximum atomic E-state index is 12.2. The highest BCUT2D eigenvalue weighted by Crippen LogP contribution is 2.23. The summed E-state index contributed by atoms with van der Waals surface area (Å²) in [6.07, 6.45) is 1.08.